The average molecular weight is 325 g/mol. The zero-order chi connectivity index (χ0) is 16.5. The van der Waals surface area contributed by atoms with E-state index in [2.05, 4.69) is 14.7 Å². The first-order chi connectivity index (χ1) is 10.2. The number of benzene rings is 1. The van der Waals surface area contributed by atoms with Crippen molar-refractivity contribution in [1.29, 1.82) is 0 Å². The fourth-order valence-corrected chi connectivity index (χ4v) is 3.40. The maximum Gasteiger partial charge on any atom is 0.314 e. The molecule has 0 saturated carbocycles. The van der Waals surface area contributed by atoms with Crippen LogP contribution in [0.15, 0.2) is 26.6 Å². The van der Waals surface area contributed by atoms with Crippen molar-refractivity contribution < 1.29 is 8.42 Å². The average Bonchev–Trinajstić information content (AvgIpc) is 2.39. The van der Waals surface area contributed by atoms with E-state index in [0.29, 0.717) is 23.5 Å². The molecular formula is C14H19N3O4S. The Labute approximate surface area is 127 Å². The number of sulfonamides is 1. The molecule has 0 radical (unpaired) electrons. The van der Waals surface area contributed by atoms with Crippen LogP contribution in [0.4, 0.5) is 0 Å². The van der Waals surface area contributed by atoms with E-state index < -0.39 is 21.1 Å². The van der Waals surface area contributed by atoms with Crippen LogP contribution in [0.2, 0.25) is 0 Å². The third-order valence-electron chi connectivity index (χ3n) is 3.32. The summed E-state index contributed by atoms with van der Waals surface area (Å²) in [4.78, 5) is 27.6. The van der Waals surface area contributed by atoms with Crippen molar-refractivity contribution in [2.75, 3.05) is 6.54 Å². The Morgan fingerprint density at radius 2 is 1.64 bits per heavy atom. The van der Waals surface area contributed by atoms with Crippen LogP contribution < -0.4 is 15.8 Å². The molecule has 0 bridgehead atoms. The predicted molar refractivity (Wildman–Crippen MR) is 84.6 cm³/mol. The van der Waals surface area contributed by atoms with Gasteiger partial charge in [-0.1, -0.05) is 13.8 Å². The Morgan fingerprint density at radius 3 is 2.18 bits per heavy atom. The second-order valence-electron chi connectivity index (χ2n) is 5.65. The van der Waals surface area contributed by atoms with Crippen LogP contribution in [-0.4, -0.2) is 24.9 Å². The van der Waals surface area contributed by atoms with Gasteiger partial charge in [0, 0.05) is 6.54 Å². The van der Waals surface area contributed by atoms with Crippen LogP contribution in [0, 0.1) is 12.8 Å². The van der Waals surface area contributed by atoms with E-state index >= 15 is 0 Å². The largest absolute Gasteiger partial charge is 0.316 e. The van der Waals surface area contributed by atoms with Crippen molar-refractivity contribution >= 4 is 21.1 Å². The fourth-order valence-electron chi connectivity index (χ4n) is 2.10. The molecule has 1 aromatic heterocycles. The SMILES string of the molecule is Cc1cc2[nH]c(=O)c(=O)[nH]c2cc1S(=O)(=O)NCCC(C)C. The van der Waals surface area contributed by atoms with Gasteiger partial charge in [-0.3, -0.25) is 9.59 Å². The van der Waals surface area contributed by atoms with Gasteiger partial charge in [0.1, 0.15) is 0 Å². The molecule has 0 aliphatic rings. The van der Waals surface area contributed by atoms with Crippen LogP contribution in [0.25, 0.3) is 11.0 Å². The Bertz CT molecular complexity index is 910. The molecule has 2 rings (SSSR count). The molecule has 8 heteroatoms. The number of nitrogens with one attached hydrogen (secondary N) is 3. The highest BCUT2D eigenvalue weighted by molar-refractivity contribution is 7.89. The van der Waals surface area contributed by atoms with Gasteiger partial charge in [-0.2, -0.15) is 0 Å². The van der Waals surface area contributed by atoms with Gasteiger partial charge in [0.2, 0.25) is 10.0 Å². The molecule has 7 nitrogen and oxygen atoms in total. The molecule has 0 aliphatic carbocycles. The fraction of sp³-hybridized carbons (Fsp3) is 0.429. The summed E-state index contributed by atoms with van der Waals surface area (Å²) in [7, 11) is -3.67. The molecule has 22 heavy (non-hydrogen) atoms. The van der Waals surface area contributed by atoms with E-state index in [1.165, 1.54) is 12.1 Å². The normalized spacial score (nSPS) is 12.2. The number of aryl methyl sites for hydroxylation is 1. The lowest BCUT2D eigenvalue weighted by Gasteiger charge is -2.11. The molecule has 0 saturated heterocycles. The molecule has 1 heterocycles. The molecule has 1 aromatic carbocycles. The molecule has 0 amide bonds. The zero-order valence-electron chi connectivity index (χ0n) is 12.7. The first-order valence-electron chi connectivity index (χ1n) is 6.97. The van der Waals surface area contributed by atoms with Crippen LogP contribution >= 0.6 is 0 Å². The van der Waals surface area contributed by atoms with Gasteiger partial charge in [0.15, 0.2) is 0 Å². The molecule has 0 fully saturated rings. The predicted octanol–water partition coefficient (Wildman–Crippen LogP) is 0.849. The van der Waals surface area contributed by atoms with Crippen LogP contribution in [0.5, 0.6) is 0 Å². The van der Waals surface area contributed by atoms with Gasteiger partial charge >= 0.3 is 11.1 Å². The summed E-state index contributed by atoms with van der Waals surface area (Å²) in [5.74, 6) is 0.391. The summed E-state index contributed by atoms with van der Waals surface area (Å²) in [6, 6.07) is 2.89. The van der Waals surface area contributed by atoms with Gasteiger partial charge in [-0.25, -0.2) is 13.1 Å². The number of fused-ring (bicyclic) bond motifs is 1. The van der Waals surface area contributed by atoms with Gasteiger partial charge in [0.05, 0.1) is 15.9 Å². The monoisotopic (exact) mass is 325 g/mol. The minimum Gasteiger partial charge on any atom is -0.316 e. The summed E-state index contributed by atoms with van der Waals surface area (Å²) in [6.07, 6.45) is 0.732. The lowest BCUT2D eigenvalue weighted by Crippen LogP contribution is -2.29. The van der Waals surface area contributed by atoms with Crippen LogP contribution in [-0.2, 0) is 10.0 Å². The first-order valence-corrected chi connectivity index (χ1v) is 8.45. The van der Waals surface area contributed by atoms with Crippen molar-refractivity contribution in [1.82, 2.24) is 14.7 Å². The molecule has 0 spiro atoms. The highest BCUT2D eigenvalue weighted by Crippen LogP contribution is 2.19. The van der Waals surface area contributed by atoms with E-state index in [9.17, 15) is 18.0 Å². The van der Waals surface area contributed by atoms with Crippen LogP contribution in [0.3, 0.4) is 0 Å². The van der Waals surface area contributed by atoms with Crippen molar-refractivity contribution in [3.63, 3.8) is 0 Å². The summed E-state index contributed by atoms with van der Waals surface area (Å²) in [6.45, 7) is 6.01. The van der Waals surface area contributed by atoms with Gasteiger partial charge in [0.25, 0.3) is 0 Å². The molecule has 0 unspecified atom stereocenters. The van der Waals surface area contributed by atoms with E-state index in [-0.39, 0.29) is 10.4 Å². The number of hydrogen-bond acceptors (Lipinski definition) is 4. The van der Waals surface area contributed by atoms with Gasteiger partial charge in [-0.05, 0) is 37.0 Å². The quantitative estimate of drug-likeness (QED) is 0.707. The molecular weight excluding hydrogens is 306 g/mol. The van der Waals surface area contributed by atoms with Gasteiger partial charge < -0.3 is 9.97 Å². The highest BCUT2D eigenvalue weighted by Gasteiger charge is 2.18. The maximum atomic E-state index is 12.4. The lowest BCUT2D eigenvalue weighted by atomic mass is 10.1. The van der Waals surface area contributed by atoms with Crippen LogP contribution in [0.1, 0.15) is 25.8 Å². The Morgan fingerprint density at radius 1 is 1.09 bits per heavy atom. The third kappa shape index (κ3) is 3.45. The molecule has 120 valence electrons. The summed E-state index contributed by atoms with van der Waals surface area (Å²) in [5.41, 5.74) is -0.417. The van der Waals surface area contributed by atoms with E-state index in [0.717, 1.165) is 6.42 Å². The van der Waals surface area contributed by atoms with Crippen molar-refractivity contribution in [3.05, 3.63) is 38.4 Å². The van der Waals surface area contributed by atoms with Crippen molar-refractivity contribution in [2.24, 2.45) is 5.92 Å². The Balaban J connectivity index is 2.46. The van der Waals surface area contributed by atoms with Crippen molar-refractivity contribution in [2.45, 2.75) is 32.1 Å². The Hall–Kier alpha value is -1.93. The molecule has 0 atom stereocenters. The zero-order valence-corrected chi connectivity index (χ0v) is 13.5. The van der Waals surface area contributed by atoms with Crippen molar-refractivity contribution in [3.8, 4) is 0 Å². The number of H-pyrrole nitrogens is 2. The minimum atomic E-state index is -3.67. The maximum absolute atomic E-state index is 12.4. The van der Waals surface area contributed by atoms with E-state index in [1.54, 1.807) is 6.92 Å². The number of aromatic nitrogens is 2. The smallest absolute Gasteiger partial charge is 0.314 e. The lowest BCUT2D eigenvalue weighted by molar-refractivity contribution is 0.551. The number of hydrogen-bond donors (Lipinski definition) is 3. The topological polar surface area (TPSA) is 112 Å². The standard InChI is InChI=1S/C14H19N3O4S/c1-8(2)4-5-15-22(20,21)12-7-11-10(6-9(12)3)16-13(18)14(19)17-11/h6-8,15H,4-5H2,1-3H3,(H,16,18)(H,17,19). The summed E-state index contributed by atoms with van der Waals surface area (Å²) >= 11 is 0. The summed E-state index contributed by atoms with van der Waals surface area (Å²) in [5, 5.41) is 0. The third-order valence-corrected chi connectivity index (χ3v) is 4.92. The Kier molecular flexibility index (Phi) is 4.52. The second kappa shape index (κ2) is 6.05. The van der Waals surface area contributed by atoms with Gasteiger partial charge in [-0.15, -0.1) is 0 Å². The number of aromatic amines is 2. The highest BCUT2D eigenvalue weighted by atomic mass is 32.2. The molecule has 0 aliphatic heterocycles. The summed E-state index contributed by atoms with van der Waals surface area (Å²) < 4.78 is 27.3. The van der Waals surface area contributed by atoms with E-state index in [1.807, 2.05) is 13.8 Å². The molecule has 2 aromatic rings. The van der Waals surface area contributed by atoms with E-state index in [4.69, 9.17) is 0 Å². The number of rotatable bonds is 5. The minimum absolute atomic E-state index is 0.0893. The second-order valence-corrected chi connectivity index (χ2v) is 7.39. The first kappa shape index (κ1) is 16.4. The molecule has 3 N–H and O–H groups in total.